The van der Waals surface area contributed by atoms with E-state index in [0.29, 0.717) is 17.9 Å². The second-order valence-electron chi connectivity index (χ2n) is 5.62. The van der Waals surface area contributed by atoms with Crippen LogP contribution in [0.2, 0.25) is 5.02 Å². The van der Waals surface area contributed by atoms with Crippen LogP contribution in [0.3, 0.4) is 0 Å². The van der Waals surface area contributed by atoms with Gasteiger partial charge in [-0.3, -0.25) is 9.59 Å². The smallest absolute Gasteiger partial charge is 0.307 e. The van der Waals surface area contributed by atoms with Crippen molar-refractivity contribution in [3.8, 4) is 0 Å². The highest BCUT2D eigenvalue weighted by atomic mass is 35.5. The molecule has 0 aliphatic heterocycles. The maximum atomic E-state index is 12.4. The lowest BCUT2D eigenvalue weighted by molar-refractivity contribution is -0.149. The molecule has 1 aromatic carbocycles. The first-order chi connectivity index (χ1) is 9.99. The third-order valence-corrected chi connectivity index (χ3v) is 4.40. The van der Waals surface area contributed by atoms with Gasteiger partial charge >= 0.3 is 5.97 Å². The summed E-state index contributed by atoms with van der Waals surface area (Å²) in [5.74, 6) is -2.01. The van der Waals surface area contributed by atoms with Crippen molar-refractivity contribution in [2.24, 2.45) is 11.8 Å². The lowest BCUT2D eigenvalue weighted by Gasteiger charge is -2.28. The molecule has 1 amide bonds. The van der Waals surface area contributed by atoms with Crippen LogP contribution in [0.1, 0.15) is 44.2 Å². The summed E-state index contributed by atoms with van der Waals surface area (Å²) in [6.07, 6.45) is 3.03. The fourth-order valence-electron chi connectivity index (χ4n) is 2.90. The molecule has 2 rings (SSSR count). The number of benzene rings is 1. The first-order valence-corrected chi connectivity index (χ1v) is 7.65. The number of hydrogen-bond donors (Lipinski definition) is 2. The van der Waals surface area contributed by atoms with Gasteiger partial charge in [-0.05, 0) is 37.5 Å². The van der Waals surface area contributed by atoms with Crippen molar-refractivity contribution in [3.63, 3.8) is 0 Å². The quantitative estimate of drug-likeness (QED) is 0.895. The van der Waals surface area contributed by atoms with Crippen molar-refractivity contribution in [3.05, 3.63) is 34.9 Å². The second kappa shape index (κ2) is 6.94. The Hall–Kier alpha value is -1.55. The van der Waals surface area contributed by atoms with Gasteiger partial charge in [0.15, 0.2) is 0 Å². The van der Waals surface area contributed by atoms with Crippen LogP contribution in [-0.4, -0.2) is 17.0 Å². The Labute approximate surface area is 129 Å². The maximum absolute atomic E-state index is 12.4. The Morgan fingerprint density at radius 2 is 1.76 bits per heavy atom. The minimum absolute atomic E-state index is 0.161. The molecule has 2 unspecified atom stereocenters. The van der Waals surface area contributed by atoms with E-state index < -0.39 is 17.8 Å². The van der Waals surface area contributed by atoms with Crippen molar-refractivity contribution in [2.45, 2.75) is 38.6 Å². The number of halogens is 1. The topological polar surface area (TPSA) is 66.4 Å². The lowest BCUT2D eigenvalue weighted by Crippen LogP contribution is -2.40. The second-order valence-corrected chi connectivity index (χ2v) is 6.05. The predicted molar refractivity (Wildman–Crippen MR) is 81.1 cm³/mol. The molecule has 1 aliphatic rings. The van der Waals surface area contributed by atoms with Gasteiger partial charge in [0.1, 0.15) is 0 Å². The molecular weight excluding hydrogens is 290 g/mol. The maximum Gasteiger partial charge on any atom is 0.307 e. The number of rotatable bonds is 4. The SMILES string of the molecule is C[C@@H](NC(=O)C1CCCCC1C(=O)O)c1ccc(Cl)cc1. The molecule has 114 valence electrons. The molecule has 1 aliphatic carbocycles. The van der Waals surface area contributed by atoms with Gasteiger partial charge in [-0.1, -0.05) is 36.6 Å². The fourth-order valence-corrected chi connectivity index (χ4v) is 3.02. The molecule has 1 fully saturated rings. The van der Waals surface area contributed by atoms with Crippen LogP contribution < -0.4 is 5.32 Å². The number of amides is 1. The number of aliphatic carboxylic acids is 1. The Balaban J connectivity index is 2.02. The number of carbonyl (C=O) groups is 2. The Bertz CT molecular complexity index is 515. The highest BCUT2D eigenvalue weighted by Gasteiger charge is 2.36. The van der Waals surface area contributed by atoms with Gasteiger partial charge < -0.3 is 10.4 Å². The molecule has 0 aromatic heterocycles. The molecule has 21 heavy (non-hydrogen) atoms. The monoisotopic (exact) mass is 309 g/mol. The Morgan fingerprint density at radius 1 is 1.19 bits per heavy atom. The third kappa shape index (κ3) is 3.97. The number of carboxylic acids is 1. The zero-order chi connectivity index (χ0) is 15.4. The molecule has 4 nitrogen and oxygen atoms in total. The van der Waals surface area contributed by atoms with Gasteiger partial charge in [0.2, 0.25) is 5.91 Å². The van der Waals surface area contributed by atoms with Crippen LogP contribution in [-0.2, 0) is 9.59 Å². The summed E-state index contributed by atoms with van der Waals surface area (Å²) >= 11 is 5.85. The van der Waals surface area contributed by atoms with Crippen molar-refractivity contribution in [2.75, 3.05) is 0 Å². The molecule has 0 spiro atoms. The van der Waals surface area contributed by atoms with Crippen molar-refractivity contribution >= 4 is 23.5 Å². The molecule has 0 saturated heterocycles. The zero-order valence-corrected chi connectivity index (χ0v) is 12.8. The predicted octanol–water partition coefficient (Wildman–Crippen LogP) is 3.41. The summed E-state index contributed by atoms with van der Waals surface area (Å²) in [5.41, 5.74) is 0.954. The minimum atomic E-state index is -0.867. The van der Waals surface area contributed by atoms with Crippen LogP contribution in [0.4, 0.5) is 0 Å². The molecule has 5 heteroatoms. The molecule has 0 heterocycles. The largest absolute Gasteiger partial charge is 0.481 e. The molecule has 0 bridgehead atoms. The van der Waals surface area contributed by atoms with Crippen molar-refractivity contribution in [1.82, 2.24) is 5.32 Å². The standard InChI is InChI=1S/C16H20ClNO3/c1-10(11-6-8-12(17)9-7-11)18-15(19)13-4-2-3-5-14(13)16(20)21/h6-10,13-14H,2-5H2,1H3,(H,18,19)(H,20,21)/t10-,13?,14?/m1/s1. The van der Waals surface area contributed by atoms with E-state index in [-0.39, 0.29) is 11.9 Å². The molecular formula is C16H20ClNO3. The Morgan fingerprint density at radius 3 is 2.33 bits per heavy atom. The molecule has 3 atom stereocenters. The van der Waals surface area contributed by atoms with Crippen LogP contribution >= 0.6 is 11.6 Å². The zero-order valence-electron chi connectivity index (χ0n) is 12.0. The average molecular weight is 310 g/mol. The van der Waals surface area contributed by atoms with E-state index in [4.69, 9.17) is 11.6 Å². The van der Waals surface area contributed by atoms with E-state index in [2.05, 4.69) is 5.32 Å². The summed E-state index contributed by atoms with van der Waals surface area (Å²) in [7, 11) is 0. The summed E-state index contributed by atoms with van der Waals surface area (Å²) < 4.78 is 0. The summed E-state index contributed by atoms with van der Waals surface area (Å²) in [6.45, 7) is 1.89. The van der Waals surface area contributed by atoms with Crippen LogP contribution in [0.15, 0.2) is 24.3 Å². The van der Waals surface area contributed by atoms with E-state index in [0.717, 1.165) is 18.4 Å². The van der Waals surface area contributed by atoms with E-state index in [1.54, 1.807) is 12.1 Å². The molecule has 1 saturated carbocycles. The van der Waals surface area contributed by atoms with E-state index in [9.17, 15) is 14.7 Å². The van der Waals surface area contributed by atoms with E-state index in [1.807, 2.05) is 19.1 Å². The summed E-state index contributed by atoms with van der Waals surface area (Å²) in [4.78, 5) is 23.6. The number of hydrogen-bond acceptors (Lipinski definition) is 2. The van der Waals surface area contributed by atoms with E-state index in [1.165, 1.54) is 0 Å². The third-order valence-electron chi connectivity index (χ3n) is 4.15. The van der Waals surface area contributed by atoms with Gasteiger partial charge in [0.05, 0.1) is 17.9 Å². The highest BCUT2D eigenvalue weighted by molar-refractivity contribution is 6.30. The van der Waals surface area contributed by atoms with Gasteiger partial charge in [-0.15, -0.1) is 0 Å². The van der Waals surface area contributed by atoms with Gasteiger partial charge in [0.25, 0.3) is 0 Å². The number of nitrogens with one attached hydrogen (secondary N) is 1. The first-order valence-electron chi connectivity index (χ1n) is 7.27. The molecule has 1 aromatic rings. The lowest BCUT2D eigenvalue weighted by atomic mass is 9.78. The average Bonchev–Trinajstić information content (AvgIpc) is 2.47. The Kier molecular flexibility index (Phi) is 5.23. The van der Waals surface area contributed by atoms with Gasteiger partial charge in [-0.25, -0.2) is 0 Å². The van der Waals surface area contributed by atoms with Gasteiger partial charge in [-0.2, -0.15) is 0 Å². The normalized spacial score (nSPS) is 23.3. The first kappa shape index (κ1) is 15.8. The number of carboxylic acid groups (broad SMARTS) is 1. The summed E-state index contributed by atoms with van der Waals surface area (Å²) in [5, 5.41) is 12.8. The molecule has 0 radical (unpaired) electrons. The van der Waals surface area contributed by atoms with Crippen LogP contribution in [0.25, 0.3) is 0 Å². The van der Waals surface area contributed by atoms with Crippen molar-refractivity contribution < 1.29 is 14.7 Å². The molecule has 2 N–H and O–H groups in total. The highest BCUT2D eigenvalue weighted by Crippen LogP contribution is 2.31. The fraction of sp³-hybridized carbons (Fsp3) is 0.500. The van der Waals surface area contributed by atoms with Gasteiger partial charge in [0, 0.05) is 5.02 Å². The summed E-state index contributed by atoms with van der Waals surface area (Å²) in [6, 6.07) is 7.12. The van der Waals surface area contributed by atoms with Crippen molar-refractivity contribution in [1.29, 1.82) is 0 Å². The minimum Gasteiger partial charge on any atom is -0.481 e. The van der Waals surface area contributed by atoms with Crippen LogP contribution in [0.5, 0.6) is 0 Å². The van der Waals surface area contributed by atoms with E-state index >= 15 is 0 Å². The number of carbonyl (C=O) groups excluding carboxylic acids is 1. The van der Waals surface area contributed by atoms with Crippen LogP contribution in [0, 0.1) is 11.8 Å².